The summed E-state index contributed by atoms with van der Waals surface area (Å²) in [7, 11) is 1.57. The molecule has 29 heavy (non-hydrogen) atoms. The lowest BCUT2D eigenvalue weighted by atomic mass is 10.1. The van der Waals surface area contributed by atoms with Crippen LogP contribution >= 0.6 is 11.8 Å². The number of benzene rings is 2. The highest BCUT2D eigenvalue weighted by atomic mass is 32.2. The van der Waals surface area contributed by atoms with Crippen molar-refractivity contribution in [1.82, 2.24) is 14.7 Å². The van der Waals surface area contributed by atoms with Gasteiger partial charge in [-0.1, -0.05) is 49.0 Å². The number of fused-ring (bicyclic) bond motifs is 1. The normalized spacial score (nSPS) is 18.0. The summed E-state index contributed by atoms with van der Waals surface area (Å²) in [5, 5.41) is 6.05. The SMILES string of the molecule is CC[C@@H]1CSC(=Nc2cccc(C)c2)N1C(=O)c1nn(C)c(=O)c2ccccc12. The first-order valence-corrected chi connectivity index (χ1v) is 10.6. The first-order valence-electron chi connectivity index (χ1n) is 9.57. The molecule has 0 unspecified atom stereocenters. The molecular weight excluding hydrogens is 384 g/mol. The minimum atomic E-state index is -0.222. The van der Waals surface area contributed by atoms with Gasteiger partial charge in [0.25, 0.3) is 11.5 Å². The van der Waals surface area contributed by atoms with Gasteiger partial charge in [-0.3, -0.25) is 14.5 Å². The van der Waals surface area contributed by atoms with E-state index in [2.05, 4.69) is 12.0 Å². The van der Waals surface area contributed by atoms with E-state index in [0.29, 0.717) is 15.9 Å². The third-order valence-electron chi connectivity index (χ3n) is 5.05. The molecule has 1 amide bonds. The van der Waals surface area contributed by atoms with Crippen molar-refractivity contribution in [3.05, 3.63) is 70.1 Å². The Kier molecular flexibility index (Phi) is 5.24. The Morgan fingerprint density at radius 1 is 1.21 bits per heavy atom. The highest BCUT2D eigenvalue weighted by Crippen LogP contribution is 2.31. The summed E-state index contributed by atoms with van der Waals surface area (Å²) < 4.78 is 1.23. The number of nitrogens with zero attached hydrogens (tertiary/aromatic N) is 4. The largest absolute Gasteiger partial charge is 0.282 e. The number of hydrogen-bond donors (Lipinski definition) is 0. The molecule has 1 fully saturated rings. The van der Waals surface area contributed by atoms with E-state index >= 15 is 0 Å². The van der Waals surface area contributed by atoms with Crippen molar-refractivity contribution in [2.45, 2.75) is 26.3 Å². The molecule has 0 bridgehead atoms. The molecule has 2 heterocycles. The van der Waals surface area contributed by atoms with Crippen LogP contribution in [0.3, 0.4) is 0 Å². The minimum absolute atomic E-state index is 0.0360. The van der Waals surface area contributed by atoms with Crippen molar-refractivity contribution >= 4 is 39.3 Å². The van der Waals surface area contributed by atoms with E-state index in [-0.39, 0.29) is 23.2 Å². The van der Waals surface area contributed by atoms with Crippen LogP contribution < -0.4 is 5.56 Å². The molecule has 0 spiro atoms. The number of amidine groups is 1. The van der Waals surface area contributed by atoms with E-state index in [1.54, 1.807) is 41.9 Å². The van der Waals surface area contributed by atoms with E-state index in [9.17, 15) is 9.59 Å². The fraction of sp³-hybridized carbons (Fsp3) is 0.273. The van der Waals surface area contributed by atoms with E-state index in [0.717, 1.165) is 23.4 Å². The van der Waals surface area contributed by atoms with Crippen molar-refractivity contribution in [3.8, 4) is 0 Å². The Morgan fingerprint density at radius 3 is 2.69 bits per heavy atom. The van der Waals surface area contributed by atoms with Gasteiger partial charge in [-0.05, 0) is 37.1 Å². The molecule has 7 heteroatoms. The summed E-state index contributed by atoms with van der Waals surface area (Å²) in [5.41, 5.74) is 2.00. The van der Waals surface area contributed by atoms with Crippen LogP contribution in [0.2, 0.25) is 0 Å². The number of rotatable bonds is 3. The summed E-state index contributed by atoms with van der Waals surface area (Å²) in [6, 6.07) is 15.1. The zero-order valence-corrected chi connectivity index (χ0v) is 17.4. The molecule has 1 atom stereocenters. The molecule has 1 saturated heterocycles. The predicted octanol–water partition coefficient (Wildman–Crippen LogP) is 3.90. The molecule has 3 aromatic rings. The molecule has 2 aromatic carbocycles. The maximum atomic E-state index is 13.6. The van der Waals surface area contributed by atoms with Crippen molar-refractivity contribution in [3.63, 3.8) is 0 Å². The van der Waals surface area contributed by atoms with Crippen LogP contribution in [0.4, 0.5) is 5.69 Å². The first-order chi connectivity index (χ1) is 14.0. The molecule has 4 rings (SSSR count). The van der Waals surface area contributed by atoms with E-state index in [4.69, 9.17) is 4.99 Å². The molecular formula is C22H22N4O2S. The fourth-order valence-corrected chi connectivity index (χ4v) is 4.76. The quantitative estimate of drug-likeness (QED) is 0.662. The second-order valence-corrected chi connectivity index (χ2v) is 8.09. The molecule has 148 valence electrons. The van der Waals surface area contributed by atoms with Crippen LogP contribution in [0.25, 0.3) is 10.8 Å². The highest BCUT2D eigenvalue weighted by molar-refractivity contribution is 8.14. The molecule has 0 radical (unpaired) electrons. The third-order valence-corrected chi connectivity index (χ3v) is 6.15. The van der Waals surface area contributed by atoms with Gasteiger partial charge in [-0.2, -0.15) is 5.10 Å². The van der Waals surface area contributed by atoms with Gasteiger partial charge in [-0.15, -0.1) is 0 Å². The molecule has 1 aliphatic rings. The van der Waals surface area contributed by atoms with Gasteiger partial charge < -0.3 is 0 Å². The second kappa shape index (κ2) is 7.83. The van der Waals surface area contributed by atoms with Crippen LogP contribution in [0.1, 0.15) is 29.4 Å². The van der Waals surface area contributed by atoms with Crippen LogP contribution in [0.5, 0.6) is 0 Å². The molecule has 1 aliphatic heterocycles. The zero-order valence-electron chi connectivity index (χ0n) is 16.6. The number of thioether (sulfide) groups is 1. The number of carbonyl (C=O) groups excluding carboxylic acids is 1. The minimum Gasteiger partial charge on any atom is -0.282 e. The van der Waals surface area contributed by atoms with E-state index in [1.807, 2.05) is 37.3 Å². The van der Waals surface area contributed by atoms with Crippen molar-refractivity contribution in [2.24, 2.45) is 12.0 Å². The number of carbonyl (C=O) groups is 1. The van der Waals surface area contributed by atoms with E-state index < -0.39 is 0 Å². The van der Waals surface area contributed by atoms with Gasteiger partial charge in [0.1, 0.15) is 0 Å². The number of aryl methyl sites for hydroxylation is 2. The number of amides is 1. The number of hydrogen-bond acceptors (Lipinski definition) is 5. The molecule has 0 aliphatic carbocycles. The Morgan fingerprint density at radius 2 is 1.97 bits per heavy atom. The average molecular weight is 407 g/mol. The lowest BCUT2D eigenvalue weighted by Crippen LogP contribution is -2.40. The topological polar surface area (TPSA) is 67.6 Å². The summed E-state index contributed by atoms with van der Waals surface area (Å²) in [4.78, 5) is 32.5. The lowest BCUT2D eigenvalue weighted by Gasteiger charge is -2.23. The van der Waals surface area contributed by atoms with Gasteiger partial charge in [-0.25, -0.2) is 9.67 Å². The van der Waals surface area contributed by atoms with Gasteiger partial charge in [0.2, 0.25) is 0 Å². The van der Waals surface area contributed by atoms with Crippen molar-refractivity contribution in [2.75, 3.05) is 5.75 Å². The van der Waals surface area contributed by atoms with E-state index in [1.165, 1.54) is 4.68 Å². The van der Waals surface area contributed by atoms with Crippen LogP contribution in [0, 0.1) is 6.92 Å². The predicted molar refractivity (Wildman–Crippen MR) is 118 cm³/mol. The summed E-state index contributed by atoms with van der Waals surface area (Å²) in [6.07, 6.45) is 0.815. The van der Waals surface area contributed by atoms with Gasteiger partial charge in [0.05, 0.1) is 11.1 Å². The smallest absolute Gasteiger partial charge is 0.281 e. The fourth-order valence-electron chi connectivity index (χ4n) is 3.49. The average Bonchev–Trinajstić information content (AvgIpc) is 3.12. The first kappa shape index (κ1) is 19.4. The molecule has 6 nitrogen and oxygen atoms in total. The van der Waals surface area contributed by atoms with Crippen LogP contribution in [-0.2, 0) is 7.05 Å². The summed E-state index contributed by atoms with van der Waals surface area (Å²) >= 11 is 1.58. The Labute approximate surface area is 173 Å². The maximum absolute atomic E-state index is 13.6. The zero-order chi connectivity index (χ0) is 20.5. The Balaban J connectivity index is 1.83. The third kappa shape index (κ3) is 3.58. The Bertz CT molecular complexity index is 1180. The van der Waals surface area contributed by atoms with Crippen molar-refractivity contribution in [1.29, 1.82) is 0 Å². The summed E-state index contributed by atoms with van der Waals surface area (Å²) in [6.45, 7) is 4.08. The molecule has 0 N–H and O–H groups in total. The lowest BCUT2D eigenvalue weighted by molar-refractivity contribution is 0.0813. The van der Waals surface area contributed by atoms with Crippen LogP contribution in [0.15, 0.2) is 58.3 Å². The number of aliphatic imine (C=N–C) groups is 1. The standard InChI is InChI=1S/C22H22N4O2S/c1-4-16-13-29-22(23-15-9-7-8-14(2)12-15)26(16)21(28)19-17-10-5-6-11-18(17)20(27)25(3)24-19/h5-12,16H,4,13H2,1-3H3/t16-/m1/s1. The number of aromatic nitrogens is 2. The van der Waals surface area contributed by atoms with Crippen LogP contribution in [-0.4, -0.2) is 37.5 Å². The summed E-state index contributed by atoms with van der Waals surface area (Å²) in [5.74, 6) is 0.566. The monoisotopic (exact) mass is 406 g/mol. The van der Waals surface area contributed by atoms with Gasteiger partial charge >= 0.3 is 0 Å². The van der Waals surface area contributed by atoms with Gasteiger partial charge in [0.15, 0.2) is 10.9 Å². The Hall–Kier alpha value is -2.93. The molecule has 0 saturated carbocycles. The second-order valence-electron chi connectivity index (χ2n) is 7.10. The van der Waals surface area contributed by atoms with Gasteiger partial charge in [0, 0.05) is 24.2 Å². The highest BCUT2D eigenvalue weighted by Gasteiger charge is 2.36. The molecule has 1 aromatic heterocycles. The van der Waals surface area contributed by atoms with Crippen molar-refractivity contribution < 1.29 is 4.79 Å². The maximum Gasteiger partial charge on any atom is 0.281 e.